The molecule has 3 nitrogen and oxygen atoms in total. The van der Waals surface area contributed by atoms with E-state index in [2.05, 4.69) is 5.32 Å². The third-order valence-electron chi connectivity index (χ3n) is 4.09. The third kappa shape index (κ3) is 2.66. The van der Waals surface area contributed by atoms with Crippen molar-refractivity contribution in [1.29, 1.82) is 0 Å². The van der Waals surface area contributed by atoms with E-state index in [0.717, 1.165) is 30.2 Å². The van der Waals surface area contributed by atoms with Crippen LogP contribution in [0.2, 0.25) is 10.0 Å². The van der Waals surface area contributed by atoms with Crippen molar-refractivity contribution in [3.63, 3.8) is 0 Å². The first-order chi connectivity index (χ1) is 10.2. The van der Waals surface area contributed by atoms with Gasteiger partial charge in [0, 0.05) is 41.0 Å². The fourth-order valence-corrected chi connectivity index (χ4v) is 3.33. The zero-order chi connectivity index (χ0) is 14.4. The molecule has 0 spiro atoms. The largest absolute Gasteiger partial charge is 0.307 e. The molecule has 0 atom stereocenters. The normalized spacial score (nSPS) is 17.0. The molecule has 2 aliphatic rings. The number of hydrogen-bond acceptors (Lipinski definition) is 3. The number of hydrogen-bond donors (Lipinski definition) is 1. The quantitative estimate of drug-likeness (QED) is 0.933. The second kappa shape index (κ2) is 5.24. The van der Waals surface area contributed by atoms with E-state index in [1.165, 1.54) is 24.1 Å². The Labute approximate surface area is 133 Å². The van der Waals surface area contributed by atoms with Crippen molar-refractivity contribution in [3.8, 4) is 0 Å². The molecule has 1 aliphatic heterocycles. The van der Waals surface area contributed by atoms with Crippen LogP contribution >= 0.6 is 23.2 Å². The first kappa shape index (κ1) is 13.5. The van der Waals surface area contributed by atoms with E-state index in [9.17, 15) is 0 Å². The molecule has 0 radical (unpaired) electrons. The van der Waals surface area contributed by atoms with E-state index in [4.69, 9.17) is 33.2 Å². The van der Waals surface area contributed by atoms with Crippen molar-refractivity contribution in [2.24, 2.45) is 0 Å². The Morgan fingerprint density at radius 1 is 1.14 bits per heavy atom. The molecule has 1 aromatic carbocycles. The summed E-state index contributed by atoms with van der Waals surface area (Å²) in [5, 5.41) is 4.71. The lowest BCUT2D eigenvalue weighted by atomic mass is 10.1. The minimum absolute atomic E-state index is 0.640. The fraction of sp³-hybridized carbons (Fsp3) is 0.375. The Kier molecular flexibility index (Phi) is 3.37. The van der Waals surface area contributed by atoms with Crippen LogP contribution in [0.1, 0.15) is 47.1 Å². The summed E-state index contributed by atoms with van der Waals surface area (Å²) in [7, 11) is 0. The van der Waals surface area contributed by atoms with Crippen LogP contribution in [0, 0.1) is 0 Å². The number of aromatic nitrogens is 2. The van der Waals surface area contributed by atoms with Crippen molar-refractivity contribution in [1.82, 2.24) is 15.3 Å². The fourth-order valence-electron chi connectivity index (χ4n) is 2.86. The maximum absolute atomic E-state index is 6.26. The molecule has 0 amide bonds. The molecule has 1 aromatic heterocycles. The summed E-state index contributed by atoms with van der Waals surface area (Å²) in [4.78, 5) is 9.54. The van der Waals surface area contributed by atoms with Gasteiger partial charge in [-0.05, 0) is 30.5 Å². The third-order valence-corrected chi connectivity index (χ3v) is 4.68. The van der Waals surface area contributed by atoms with Gasteiger partial charge < -0.3 is 5.32 Å². The average molecular weight is 320 g/mol. The zero-order valence-corrected chi connectivity index (χ0v) is 13.0. The summed E-state index contributed by atoms with van der Waals surface area (Å²) in [5.41, 5.74) is 4.76. The van der Waals surface area contributed by atoms with Crippen molar-refractivity contribution in [2.75, 3.05) is 0 Å². The summed E-state index contributed by atoms with van der Waals surface area (Å²) in [6.07, 6.45) is 3.16. The van der Waals surface area contributed by atoms with Gasteiger partial charge in [0.25, 0.3) is 0 Å². The molecule has 2 aromatic rings. The molecule has 0 unspecified atom stereocenters. The minimum Gasteiger partial charge on any atom is -0.307 e. The first-order valence-corrected chi connectivity index (χ1v) is 7.99. The summed E-state index contributed by atoms with van der Waals surface area (Å²) in [6.45, 7) is 1.75. The van der Waals surface area contributed by atoms with Gasteiger partial charge in [-0.2, -0.15) is 0 Å². The Morgan fingerprint density at radius 2 is 2.00 bits per heavy atom. The van der Waals surface area contributed by atoms with Crippen LogP contribution < -0.4 is 5.32 Å². The van der Waals surface area contributed by atoms with Gasteiger partial charge in [0.2, 0.25) is 0 Å². The number of rotatable bonds is 3. The van der Waals surface area contributed by atoms with Crippen LogP contribution in [-0.4, -0.2) is 9.97 Å². The van der Waals surface area contributed by atoms with Crippen LogP contribution in [0.4, 0.5) is 0 Å². The van der Waals surface area contributed by atoms with E-state index in [0.29, 0.717) is 22.4 Å². The molecule has 5 heteroatoms. The monoisotopic (exact) mass is 319 g/mol. The highest BCUT2D eigenvalue weighted by Crippen LogP contribution is 2.42. The van der Waals surface area contributed by atoms with Crippen LogP contribution in [-0.2, 0) is 19.5 Å². The molecule has 108 valence electrons. The maximum atomic E-state index is 6.26. The maximum Gasteiger partial charge on any atom is 0.133 e. The Morgan fingerprint density at radius 3 is 2.76 bits per heavy atom. The SMILES string of the molecule is Clc1ccc(Cc2nc3c(c(C4CC4)n2)CNC3)c(Cl)c1. The highest BCUT2D eigenvalue weighted by Gasteiger charge is 2.31. The number of halogens is 2. The van der Waals surface area contributed by atoms with Crippen molar-refractivity contribution in [3.05, 3.63) is 56.6 Å². The van der Waals surface area contributed by atoms with Crippen molar-refractivity contribution >= 4 is 23.2 Å². The molecule has 4 rings (SSSR count). The standard InChI is InChI=1S/C16H15Cl2N3/c17-11-4-3-10(13(18)6-11)5-15-20-14-8-19-7-12(14)16(21-15)9-1-2-9/h3-4,6,9,19H,1-2,5,7-8H2. The Balaban J connectivity index is 1.70. The molecule has 0 bridgehead atoms. The lowest BCUT2D eigenvalue weighted by molar-refractivity contribution is 0.754. The molecule has 1 fully saturated rings. The van der Waals surface area contributed by atoms with Crippen molar-refractivity contribution < 1.29 is 0 Å². The van der Waals surface area contributed by atoms with E-state index < -0.39 is 0 Å². The summed E-state index contributed by atoms with van der Waals surface area (Å²) >= 11 is 12.2. The number of benzene rings is 1. The molecule has 21 heavy (non-hydrogen) atoms. The lowest BCUT2D eigenvalue weighted by Crippen LogP contribution is -2.06. The predicted molar refractivity (Wildman–Crippen MR) is 83.8 cm³/mol. The van der Waals surface area contributed by atoms with Gasteiger partial charge >= 0.3 is 0 Å². The molecular formula is C16H15Cl2N3. The second-order valence-corrected chi connectivity index (χ2v) is 6.58. The second-order valence-electron chi connectivity index (χ2n) is 5.74. The smallest absolute Gasteiger partial charge is 0.133 e. The molecule has 0 saturated heterocycles. The van der Waals surface area contributed by atoms with Gasteiger partial charge in [-0.1, -0.05) is 29.3 Å². The Hall–Kier alpha value is -1.16. The number of nitrogens with zero attached hydrogens (tertiary/aromatic N) is 2. The van der Waals surface area contributed by atoms with E-state index in [-0.39, 0.29) is 0 Å². The van der Waals surface area contributed by atoms with Crippen LogP contribution in [0.25, 0.3) is 0 Å². The molecule has 1 aliphatic carbocycles. The van der Waals surface area contributed by atoms with Gasteiger partial charge in [-0.3, -0.25) is 0 Å². The molecule has 1 saturated carbocycles. The summed E-state index contributed by atoms with van der Waals surface area (Å²) in [5.74, 6) is 1.50. The minimum atomic E-state index is 0.640. The van der Waals surface area contributed by atoms with Gasteiger partial charge in [-0.15, -0.1) is 0 Å². The molecule has 1 N–H and O–H groups in total. The van der Waals surface area contributed by atoms with Gasteiger partial charge in [-0.25, -0.2) is 9.97 Å². The topological polar surface area (TPSA) is 37.8 Å². The van der Waals surface area contributed by atoms with Gasteiger partial charge in [0.05, 0.1) is 11.4 Å². The zero-order valence-electron chi connectivity index (χ0n) is 11.5. The van der Waals surface area contributed by atoms with Crippen LogP contribution in [0.3, 0.4) is 0 Å². The Bertz CT molecular complexity index is 711. The first-order valence-electron chi connectivity index (χ1n) is 7.24. The van der Waals surface area contributed by atoms with Crippen LogP contribution in [0.5, 0.6) is 0 Å². The van der Waals surface area contributed by atoms with Crippen molar-refractivity contribution in [2.45, 2.75) is 38.3 Å². The highest BCUT2D eigenvalue weighted by atomic mass is 35.5. The van der Waals surface area contributed by atoms with E-state index >= 15 is 0 Å². The van der Waals surface area contributed by atoms with E-state index in [1.54, 1.807) is 6.07 Å². The highest BCUT2D eigenvalue weighted by molar-refractivity contribution is 6.35. The molecular weight excluding hydrogens is 305 g/mol. The number of fused-ring (bicyclic) bond motifs is 1. The molecule has 2 heterocycles. The number of nitrogens with one attached hydrogen (secondary N) is 1. The summed E-state index contributed by atoms with van der Waals surface area (Å²) in [6, 6.07) is 5.59. The average Bonchev–Trinajstić information content (AvgIpc) is 3.19. The lowest BCUT2D eigenvalue weighted by Gasteiger charge is -2.10. The summed E-state index contributed by atoms with van der Waals surface area (Å²) < 4.78 is 0. The van der Waals surface area contributed by atoms with E-state index in [1.807, 2.05) is 12.1 Å². The van der Waals surface area contributed by atoms with Crippen LogP contribution in [0.15, 0.2) is 18.2 Å². The predicted octanol–water partition coefficient (Wildman–Crippen LogP) is 3.85. The van der Waals surface area contributed by atoms with Gasteiger partial charge in [0.15, 0.2) is 0 Å². The van der Waals surface area contributed by atoms with Gasteiger partial charge in [0.1, 0.15) is 5.82 Å².